The quantitative estimate of drug-likeness (QED) is 0.688. The number of rotatable bonds is 7. The van der Waals surface area contributed by atoms with Gasteiger partial charge in [-0.15, -0.1) is 0 Å². The summed E-state index contributed by atoms with van der Waals surface area (Å²) in [7, 11) is 0. The Kier molecular flexibility index (Phi) is 5.88. The molecule has 17 heavy (non-hydrogen) atoms. The Bertz CT molecular complexity index is 334. The van der Waals surface area contributed by atoms with E-state index in [0.29, 0.717) is 6.04 Å². The van der Waals surface area contributed by atoms with Gasteiger partial charge in [0, 0.05) is 17.4 Å². The van der Waals surface area contributed by atoms with E-state index in [1.54, 1.807) is 0 Å². The van der Waals surface area contributed by atoms with Crippen molar-refractivity contribution in [2.75, 3.05) is 11.1 Å². The molecule has 1 atom stereocenters. The van der Waals surface area contributed by atoms with Gasteiger partial charge in [0.05, 0.1) is 0 Å². The Morgan fingerprint density at radius 3 is 2.53 bits per heavy atom. The highest BCUT2D eigenvalue weighted by Gasteiger charge is 2.07. The maximum absolute atomic E-state index is 5.93. The summed E-state index contributed by atoms with van der Waals surface area (Å²) in [6.45, 7) is 6.52. The van der Waals surface area contributed by atoms with Crippen LogP contribution in [-0.2, 0) is 0 Å². The van der Waals surface area contributed by atoms with Gasteiger partial charge in [-0.2, -0.15) is 0 Å². The van der Waals surface area contributed by atoms with Gasteiger partial charge < -0.3 is 11.1 Å². The molecule has 0 aliphatic rings. The fourth-order valence-electron chi connectivity index (χ4n) is 2.05. The molecule has 1 rings (SSSR count). The maximum atomic E-state index is 5.93. The van der Waals surface area contributed by atoms with Crippen LogP contribution in [0.25, 0.3) is 0 Å². The summed E-state index contributed by atoms with van der Waals surface area (Å²) in [5.74, 6) is 0. The second-order valence-electron chi connectivity index (χ2n) is 4.84. The van der Waals surface area contributed by atoms with Crippen LogP contribution in [0.3, 0.4) is 0 Å². The third kappa shape index (κ3) is 4.68. The number of aryl methyl sites for hydroxylation is 1. The van der Waals surface area contributed by atoms with Gasteiger partial charge in [0.15, 0.2) is 0 Å². The van der Waals surface area contributed by atoms with Crippen molar-refractivity contribution < 1.29 is 0 Å². The van der Waals surface area contributed by atoms with Crippen molar-refractivity contribution in [1.82, 2.24) is 0 Å². The largest absolute Gasteiger partial charge is 0.398 e. The summed E-state index contributed by atoms with van der Waals surface area (Å²) in [4.78, 5) is 0. The lowest BCUT2D eigenvalue weighted by Crippen LogP contribution is -2.19. The van der Waals surface area contributed by atoms with Crippen LogP contribution in [-0.4, -0.2) is 6.04 Å². The molecule has 96 valence electrons. The van der Waals surface area contributed by atoms with Crippen LogP contribution in [0.5, 0.6) is 0 Å². The minimum Gasteiger partial charge on any atom is -0.398 e. The minimum absolute atomic E-state index is 0.585. The molecule has 0 aliphatic heterocycles. The van der Waals surface area contributed by atoms with E-state index >= 15 is 0 Å². The highest BCUT2D eigenvalue weighted by molar-refractivity contribution is 5.58. The van der Waals surface area contributed by atoms with Crippen LogP contribution in [0.1, 0.15) is 51.5 Å². The zero-order valence-electron chi connectivity index (χ0n) is 11.4. The van der Waals surface area contributed by atoms with E-state index in [2.05, 4.69) is 31.3 Å². The van der Waals surface area contributed by atoms with Crippen molar-refractivity contribution in [3.05, 3.63) is 23.8 Å². The SMILES string of the molecule is CCCCC(CCC)Nc1ccc(C)c(N)c1. The Morgan fingerprint density at radius 2 is 1.94 bits per heavy atom. The molecular formula is C15H26N2. The average Bonchev–Trinajstić information content (AvgIpc) is 2.31. The van der Waals surface area contributed by atoms with Crippen LogP contribution in [0.4, 0.5) is 11.4 Å². The van der Waals surface area contributed by atoms with Crippen molar-refractivity contribution in [3.63, 3.8) is 0 Å². The van der Waals surface area contributed by atoms with E-state index in [9.17, 15) is 0 Å². The van der Waals surface area contributed by atoms with E-state index in [1.807, 2.05) is 13.0 Å². The minimum atomic E-state index is 0.585. The zero-order chi connectivity index (χ0) is 12.7. The summed E-state index contributed by atoms with van der Waals surface area (Å²) in [5.41, 5.74) is 9.11. The molecular weight excluding hydrogens is 208 g/mol. The van der Waals surface area contributed by atoms with Crippen LogP contribution < -0.4 is 11.1 Å². The maximum Gasteiger partial charge on any atom is 0.0364 e. The number of nitrogen functional groups attached to an aromatic ring is 1. The smallest absolute Gasteiger partial charge is 0.0364 e. The first kappa shape index (κ1) is 13.9. The second-order valence-corrected chi connectivity index (χ2v) is 4.84. The van der Waals surface area contributed by atoms with Gasteiger partial charge in [-0.05, 0) is 37.5 Å². The number of anilines is 2. The van der Waals surface area contributed by atoms with E-state index in [0.717, 1.165) is 16.9 Å². The van der Waals surface area contributed by atoms with E-state index < -0.39 is 0 Å². The number of nitrogens with one attached hydrogen (secondary N) is 1. The third-order valence-corrected chi connectivity index (χ3v) is 3.19. The van der Waals surface area contributed by atoms with Gasteiger partial charge in [-0.3, -0.25) is 0 Å². The van der Waals surface area contributed by atoms with Crippen molar-refractivity contribution in [2.24, 2.45) is 0 Å². The molecule has 0 radical (unpaired) electrons. The Labute approximate surface area is 106 Å². The molecule has 0 aromatic heterocycles. The van der Waals surface area contributed by atoms with Crippen LogP contribution in [0, 0.1) is 6.92 Å². The van der Waals surface area contributed by atoms with Crippen molar-refractivity contribution in [1.29, 1.82) is 0 Å². The van der Waals surface area contributed by atoms with Crippen LogP contribution >= 0.6 is 0 Å². The summed E-state index contributed by atoms with van der Waals surface area (Å²) in [6.07, 6.45) is 6.26. The topological polar surface area (TPSA) is 38.0 Å². The van der Waals surface area contributed by atoms with E-state index in [-0.39, 0.29) is 0 Å². The zero-order valence-corrected chi connectivity index (χ0v) is 11.4. The molecule has 0 saturated heterocycles. The standard InChI is InChI=1S/C15H26N2/c1-4-6-8-13(7-5-2)17-14-10-9-12(3)15(16)11-14/h9-11,13,17H,4-8,16H2,1-3H3. The monoisotopic (exact) mass is 234 g/mol. The van der Waals surface area contributed by atoms with Crippen molar-refractivity contribution >= 4 is 11.4 Å². The predicted molar refractivity (Wildman–Crippen MR) is 77.4 cm³/mol. The highest BCUT2D eigenvalue weighted by atomic mass is 14.9. The lowest BCUT2D eigenvalue weighted by molar-refractivity contribution is 0.564. The third-order valence-electron chi connectivity index (χ3n) is 3.19. The Morgan fingerprint density at radius 1 is 1.18 bits per heavy atom. The second kappa shape index (κ2) is 7.21. The summed E-state index contributed by atoms with van der Waals surface area (Å²) < 4.78 is 0. The van der Waals surface area contributed by atoms with Gasteiger partial charge >= 0.3 is 0 Å². The van der Waals surface area contributed by atoms with Gasteiger partial charge in [-0.1, -0.05) is 39.2 Å². The Balaban J connectivity index is 2.61. The van der Waals surface area contributed by atoms with Crippen molar-refractivity contribution in [2.45, 2.75) is 58.9 Å². The molecule has 0 fully saturated rings. The summed E-state index contributed by atoms with van der Waals surface area (Å²) in [6, 6.07) is 6.84. The van der Waals surface area contributed by atoms with Crippen LogP contribution in [0.15, 0.2) is 18.2 Å². The fraction of sp³-hybridized carbons (Fsp3) is 0.600. The number of benzene rings is 1. The molecule has 1 unspecified atom stereocenters. The first-order valence-electron chi connectivity index (χ1n) is 6.80. The van der Waals surface area contributed by atoms with Crippen molar-refractivity contribution in [3.8, 4) is 0 Å². The molecule has 3 N–H and O–H groups in total. The average molecular weight is 234 g/mol. The first-order chi connectivity index (χ1) is 8.17. The van der Waals surface area contributed by atoms with Gasteiger partial charge in [0.25, 0.3) is 0 Å². The van der Waals surface area contributed by atoms with Crippen LogP contribution in [0.2, 0.25) is 0 Å². The fourth-order valence-corrected chi connectivity index (χ4v) is 2.05. The molecule has 0 saturated carbocycles. The first-order valence-corrected chi connectivity index (χ1v) is 6.80. The van der Waals surface area contributed by atoms with E-state index in [4.69, 9.17) is 5.73 Å². The lowest BCUT2D eigenvalue weighted by Gasteiger charge is -2.19. The molecule has 1 aromatic rings. The molecule has 0 amide bonds. The number of hydrogen-bond acceptors (Lipinski definition) is 2. The van der Waals surface area contributed by atoms with Gasteiger partial charge in [0.2, 0.25) is 0 Å². The lowest BCUT2D eigenvalue weighted by atomic mass is 10.0. The Hall–Kier alpha value is -1.18. The normalized spacial score (nSPS) is 12.4. The number of hydrogen-bond donors (Lipinski definition) is 2. The molecule has 1 aromatic carbocycles. The molecule has 2 nitrogen and oxygen atoms in total. The number of nitrogens with two attached hydrogens (primary N) is 1. The highest BCUT2D eigenvalue weighted by Crippen LogP contribution is 2.20. The molecule has 0 bridgehead atoms. The molecule has 2 heteroatoms. The number of unbranched alkanes of at least 4 members (excludes halogenated alkanes) is 1. The predicted octanol–water partition coefficient (Wildman–Crippen LogP) is 4.35. The summed E-state index contributed by atoms with van der Waals surface area (Å²) >= 11 is 0. The van der Waals surface area contributed by atoms with Gasteiger partial charge in [0.1, 0.15) is 0 Å². The summed E-state index contributed by atoms with van der Waals surface area (Å²) in [5, 5.41) is 3.60. The molecule has 0 aliphatic carbocycles. The van der Waals surface area contributed by atoms with E-state index in [1.165, 1.54) is 32.1 Å². The molecule has 0 heterocycles. The molecule has 0 spiro atoms. The van der Waals surface area contributed by atoms with Gasteiger partial charge in [-0.25, -0.2) is 0 Å².